The molecule has 7 aromatic rings. The highest BCUT2D eigenvalue weighted by molar-refractivity contribution is 6.33. The van der Waals surface area contributed by atoms with Crippen LogP contribution >= 0.6 is 11.6 Å². The van der Waals surface area contributed by atoms with Gasteiger partial charge in [-0.05, 0) is 35.9 Å². The normalized spacial score (nSPS) is 11.3. The molecule has 0 aliphatic rings. The zero-order valence-electron chi connectivity index (χ0n) is 20.2. The molecule has 0 aliphatic carbocycles. The van der Waals surface area contributed by atoms with E-state index in [1.54, 1.807) is 0 Å². The topological polar surface area (TPSA) is 51.8 Å². The largest absolute Gasteiger partial charge is 0.456 e. The van der Waals surface area contributed by atoms with Crippen molar-refractivity contribution in [2.75, 3.05) is 0 Å². The summed E-state index contributed by atoms with van der Waals surface area (Å²) in [5, 5.41) is 2.69. The second-order valence-corrected chi connectivity index (χ2v) is 9.42. The Morgan fingerprint density at radius 1 is 0.474 bits per heavy atom. The second-order valence-electron chi connectivity index (χ2n) is 9.01. The van der Waals surface area contributed by atoms with Gasteiger partial charge in [-0.25, -0.2) is 15.0 Å². The first kappa shape index (κ1) is 22.4. The number of fused-ring (bicyclic) bond motifs is 3. The van der Waals surface area contributed by atoms with E-state index in [0.29, 0.717) is 22.5 Å². The predicted octanol–water partition coefficient (Wildman–Crippen LogP) is 9.09. The van der Waals surface area contributed by atoms with Gasteiger partial charge in [0.05, 0.1) is 0 Å². The number of hydrogen-bond donors (Lipinski definition) is 0. The van der Waals surface area contributed by atoms with Crippen LogP contribution in [0.5, 0.6) is 0 Å². The Morgan fingerprint density at radius 2 is 1.11 bits per heavy atom. The molecule has 5 aromatic carbocycles. The molecule has 5 heteroatoms. The molecule has 0 unspecified atom stereocenters. The van der Waals surface area contributed by atoms with Gasteiger partial charge in [-0.3, -0.25) is 0 Å². The fourth-order valence-corrected chi connectivity index (χ4v) is 5.03. The number of rotatable bonds is 4. The Balaban J connectivity index is 1.48. The minimum Gasteiger partial charge on any atom is -0.456 e. The summed E-state index contributed by atoms with van der Waals surface area (Å²) in [5.74, 6) is 1.77. The van der Waals surface area contributed by atoms with Crippen molar-refractivity contribution in [2.45, 2.75) is 0 Å². The van der Waals surface area contributed by atoms with Crippen molar-refractivity contribution >= 4 is 33.5 Å². The zero-order chi connectivity index (χ0) is 25.5. The second kappa shape index (κ2) is 9.25. The van der Waals surface area contributed by atoms with Gasteiger partial charge in [0.25, 0.3) is 0 Å². The van der Waals surface area contributed by atoms with E-state index in [2.05, 4.69) is 6.07 Å². The number of para-hydroxylation sites is 1. The third-order valence-electron chi connectivity index (χ3n) is 6.62. The van der Waals surface area contributed by atoms with Crippen molar-refractivity contribution in [1.82, 2.24) is 15.0 Å². The maximum atomic E-state index is 6.62. The molecule has 0 spiro atoms. The zero-order valence-corrected chi connectivity index (χ0v) is 20.9. The highest BCUT2D eigenvalue weighted by atomic mass is 35.5. The van der Waals surface area contributed by atoms with Crippen molar-refractivity contribution in [1.29, 1.82) is 0 Å². The van der Waals surface area contributed by atoms with Crippen LogP contribution in [0.3, 0.4) is 0 Å². The van der Waals surface area contributed by atoms with Crippen LogP contribution < -0.4 is 0 Å². The van der Waals surface area contributed by atoms with Crippen LogP contribution in [0, 0.1) is 0 Å². The van der Waals surface area contributed by atoms with Crippen LogP contribution in [0.25, 0.3) is 67.2 Å². The van der Waals surface area contributed by atoms with Crippen LogP contribution in [0.15, 0.2) is 126 Å². The summed E-state index contributed by atoms with van der Waals surface area (Å²) in [7, 11) is 0. The van der Waals surface area contributed by atoms with Crippen molar-refractivity contribution in [3.63, 3.8) is 0 Å². The van der Waals surface area contributed by atoms with Crippen molar-refractivity contribution < 1.29 is 4.42 Å². The minimum atomic E-state index is 0.576. The maximum Gasteiger partial charge on any atom is 0.164 e. The van der Waals surface area contributed by atoms with E-state index >= 15 is 0 Å². The number of nitrogens with zero attached hydrogens (tertiary/aromatic N) is 3. The lowest BCUT2D eigenvalue weighted by molar-refractivity contribution is 0.669. The molecule has 0 bridgehead atoms. The Labute approximate surface area is 224 Å². The van der Waals surface area contributed by atoms with Gasteiger partial charge in [0.1, 0.15) is 11.2 Å². The van der Waals surface area contributed by atoms with Gasteiger partial charge in [0, 0.05) is 38.0 Å². The number of halogens is 1. The molecule has 0 saturated heterocycles. The molecule has 0 saturated carbocycles. The average Bonchev–Trinajstić information content (AvgIpc) is 3.37. The lowest BCUT2D eigenvalue weighted by Crippen LogP contribution is -2.00. The standard InChI is InChI=1S/C33H20ClN3O/c34-27-19-18-23(20-26(27)21-10-3-1-4-11-21)32-35-31(22-12-5-2-6-13-22)36-33(37-32)25-15-9-17-29-30(25)24-14-7-8-16-28(24)38-29/h1-20H. The van der Waals surface area contributed by atoms with Crippen LogP contribution in [-0.2, 0) is 0 Å². The van der Waals surface area contributed by atoms with E-state index in [0.717, 1.165) is 49.8 Å². The third-order valence-corrected chi connectivity index (χ3v) is 6.95. The Morgan fingerprint density at radius 3 is 1.89 bits per heavy atom. The van der Waals surface area contributed by atoms with E-state index < -0.39 is 0 Å². The molecule has 2 heterocycles. The van der Waals surface area contributed by atoms with Gasteiger partial charge in [0.2, 0.25) is 0 Å². The molecule has 180 valence electrons. The molecule has 4 nitrogen and oxygen atoms in total. The van der Waals surface area contributed by atoms with Gasteiger partial charge in [-0.1, -0.05) is 103 Å². The summed E-state index contributed by atoms with van der Waals surface area (Å²) in [6.07, 6.45) is 0. The first-order valence-corrected chi connectivity index (χ1v) is 12.7. The minimum absolute atomic E-state index is 0.576. The van der Waals surface area contributed by atoms with Crippen LogP contribution in [0.2, 0.25) is 5.02 Å². The average molecular weight is 510 g/mol. The molecule has 7 rings (SSSR count). The van der Waals surface area contributed by atoms with Crippen LogP contribution in [0.1, 0.15) is 0 Å². The molecule has 2 aromatic heterocycles. The summed E-state index contributed by atoms with van der Waals surface area (Å²) in [6, 6.07) is 40.0. The summed E-state index contributed by atoms with van der Waals surface area (Å²) >= 11 is 6.62. The van der Waals surface area contributed by atoms with E-state index in [1.807, 2.05) is 115 Å². The van der Waals surface area contributed by atoms with E-state index in [-0.39, 0.29) is 0 Å². The molecular weight excluding hydrogens is 490 g/mol. The molecule has 38 heavy (non-hydrogen) atoms. The van der Waals surface area contributed by atoms with Crippen LogP contribution in [-0.4, -0.2) is 15.0 Å². The SMILES string of the molecule is Clc1ccc(-c2nc(-c3ccccc3)nc(-c3cccc4oc5ccccc5c34)n2)cc1-c1ccccc1. The molecule has 0 amide bonds. The molecule has 0 fully saturated rings. The molecule has 0 aliphatic heterocycles. The van der Waals surface area contributed by atoms with E-state index in [4.69, 9.17) is 31.0 Å². The van der Waals surface area contributed by atoms with Crippen molar-refractivity contribution in [3.05, 3.63) is 126 Å². The van der Waals surface area contributed by atoms with Gasteiger partial charge in [-0.2, -0.15) is 0 Å². The lowest BCUT2D eigenvalue weighted by Gasteiger charge is -2.11. The quantitative estimate of drug-likeness (QED) is 0.237. The Hall–Kier alpha value is -4.80. The molecule has 0 radical (unpaired) electrons. The lowest BCUT2D eigenvalue weighted by atomic mass is 10.0. The molecule has 0 atom stereocenters. The summed E-state index contributed by atoms with van der Waals surface area (Å²) < 4.78 is 6.14. The predicted molar refractivity (Wildman–Crippen MR) is 154 cm³/mol. The number of furan rings is 1. The first-order valence-electron chi connectivity index (χ1n) is 12.3. The smallest absolute Gasteiger partial charge is 0.164 e. The maximum absolute atomic E-state index is 6.62. The third kappa shape index (κ3) is 3.92. The molecule has 0 N–H and O–H groups in total. The summed E-state index contributed by atoms with van der Waals surface area (Å²) in [6.45, 7) is 0. The summed E-state index contributed by atoms with van der Waals surface area (Å²) in [5.41, 5.74) is 6.26. The summed E-state index contributed by atoms with van der Waals surface area (Å²) in [4.78, 5) is 14.8. The van der Waals surface area contributed by atoms with E-state index in [9.17, 15) is 0 Å². The van der Waals surface area contributed by atoms with Gasteiger partial charge < -0.3 is 4.42 Å². The fourth-order valence-electron chi connectivity index (χ4n) is 4.81. The van der Waals surface area contributed by atoms with E-state index in [1.165, 1.54) is 0 Å². The monoisotopic (exact) mass is 509 g/mol. The number of hydrogen-bond acceptors (Lipinski definition) is 4. The Bertz CT molecular complexity index is 1930. The first-order chi connectivity index (χ1) is 18.7. The number of benzene rings is 5. The van der Waals surface area contributed by atoms with Gasteiger partial charge >= 0.3 is 0 Å². The van der Waals surface area contributed by atoms with Gasteiger partial charge in [0.15, 0.2) is 17.5 Å². The van der Waals surface area contributed by atoms with Crippen molar-refractivity contribution in [2.24, 2.45) is 0 Å². The molecular formula is C33H20ClN3O. The van der Waals surface area contributed by atoms with Crippen molar-refractivity contribution in [3.8, 4) is 45.3 Å². The highest BCUT2D eigenvalue weighted by Gasteiger charge is 2.18. The number of aromatic nitrogens is 3. The fraction of sp³-hybridized carbons (Fsp3) is 0. The van der Waals surface area contributed by atoms with Crippen LogP contribution in [0.4, 0.5) is 0 Å². The van der Waals surface area contributed by atoms with Gasteiger partial charge in [-0.15, -0.1) is 0 Å². The Kier molecular flexibility index (Phi) is 5.46. The highest BCUT2D eigenvalue weighted by Crippen LogP contribution is 2.37.